The number of carbonyl (C=O) groups excluding carboxylic acids is 1. The third-order valence-electron chi connectivity index (χ3n) is 5.64. The molecule has 0 aliphatic carbocycles. The number of anilines is 1. The van der Waals surface area contributed by atoms with E-state index in [0.717, 1.165) is 50.9 Å². The molecule has 2 aliphatic rings. The van der Waals surface area contributed by atoms with Crippen LogP contribution >= 0.6 is 0 Å². The van der Waals surface area contributed by atoms with Crippen LogP contribution in [0.1, 0.15) is 31.7 Å². The van der Waals surface area contributed by atoms with Crippen LogP contribution in [-0.4, -0.2) is 80.6 Å². The molecule has 154 valence electrons. The molecule has 1 aromatic rings. The summed E-state index contributed by atoms with van der Waals surface area (Å²) in [5, 5.41) is 9.74. The van der Waals surface area contributed by atoms with E-state index in [9.17, 15) is 4.79 Å². The highest BCUT2D eigenvalue weighted by molar-refractivity contribution is 5.94. The van der Waals surface area contributed by atoms with Gasteiger partial charge in [-0.25, -0.2) is 0 Å². The van der Waals surface area contributed by atoms with Crippen molar-refractivity contribution in [3.05, 3.63) is 29.8 Å². The van der Waals surface area contributed by atoms with Gasteiger partial charge in [-0.05, 0) is 32.5 Å². The second kappa shape index (κ2) is 9.89. The van der Waals surface area contributed by atoms with Gasteiger partial charge in [0.25, 0.3) is 0 Å². The highest BCUT2D eigenvalue weighted by Gasteiger charge is 2.25. The summed E-state index contributed by atoms with van der Waals surface area (Å²) in [5.41, 5.74) is 2.12. The van der Waals surface area contributed by atoms with Crippen LogP contribution in [0.4, 0.5) is 5.69 Å². The molecule has 1 saturated heterocycles. The fraction of sp³-hybridized carbons (Fsp3) is 0.619. The number of aliphatic imine (C=N–C) groups is 1. The van der Waals surface area contributed by atoms with E-state index >= 15 is 0 Å². The van der Waals surface area contributed by atoms with Crippen molar-refractivity contribution in [2.45, 2.75) is 32.2 Å². The van der Waals surface area contributed by atoms with Crippen molar-refractivity contribution in [1.29, 1.82) is 0 Å². The van der Waals surface area contributed by atoms with Crippen LogP contribution in [0.2, 0.25) is 0 Å². The first-order chi connectivity index (χ1) is 13.6. The minimum absolute atomic E-state index is 0.0797. The summed E-state index contributed by atoms with van der Waals surface area (Å²) >= 11 is 0. The third-order valence-corrected chi connectivity index (χ3v) is 5.64. The number of benzene rings is 1. The monoisotopic (exact) mass is 386 g/mol. The average molecular weight is 387 g/mol. The molecular formula is C21H34N6O. The zero-order valence-corrected chi connectivity index (χ0v) is 17.4. The Morgan fingerprint density at radius 3 is 2.75 bits per heavy atom. The summed E-state index contributed by atoms with van der Waals surface area (Å²) in [4.78, 5) is 21.7. The van der Waals surface area contributed by atoms with Crippen molar-refractivity contribution in [1.82, 2.24) is 20.4 Å². The molecule has 1 amide bonds. The minimum Gasteiger partial charge on any atom is -0.357 e. The van der Waals surface area contributed by atoms with E-state index in [1.165, 1.54) is 5.56 Å². The van der Waals surface area contributed by atoms with E-state index < -0.39 is 0 Å². The van der Waals surface area contributed by atoms with Gasteiger partial charge in [-0.1, -0.05) is 18.2 Å². The molecule has 3 rings (SSSR count). The first-order valence-electron chi connectivity index (χ1n) is 10.4. The molecule has 28 heavy (non-hydrogen) atoms. The van der Waals surface area contributed by atoms with E-state index in [4.69, 9.17) is 4.99 Å². The zero-order chi connectivity index (χ0) is 19.9. The second-order valence-electron chi connectivity index (χ2n) is 7.83. The van der Waals surface area contributed by atoms with Crippen molar-refractivity contribution in [2.24, 2.45) is 4.99 Å². The van der Waals surface area contributed by atoms with E-state index in [2.05, 4.69) is 52.7 Å². The van der Waals surface area contributed by atoms with Gasteiger partial charge in [0.15, 0.2) is 5.96 Å². The number of carbonyl (C=O) groups is 1. The number of piperazine rings is 1. The maximum atomic E-state index is 12.0. The van der Waals surface area contributed by atoms with E-state index in [1.54, 1.807) is 0 Å². The molecule has 2 heterocycles. The van der Waals surface area contributed by atoms with Crippen LogP contribution in [0.25, 0.3) is 0 Å². The number of rotatable bonds is 6. The molecule has 0 bridgehead atoms. The zero-order valence-electron chi connectivity index (χ0n) is 17.4. The summed E-state index contributed by atoms with van der Waals surface area (Å²) in [6.07, 6.45) is 0.501. The number of hydrogen-bond acceptors (Lipinski definition) is 4. The van der Waals surface area contributed by atoms with E-state index in [1.807, 2.05) is 18.2 Å². The molecule has 0 spiro atoms. The first-order valence-corrected chi connectivity index (χ1v) is 10.4. The van der Waals surface area contributed by atoms with Crippen molar-refractivity contribution in [3.63, 3.8) is 0 Å². The van der Waals surface area contributed by atoms with Gasteiger partial charge in [-0.3, -0.25) is 14.7 Å². The Morgan fingerprint density at radius 1 is 1.25 bits per heavy atom. The molecule has 2 unspecified atom stereocenters. The normalized spacial score (nSPS) is 22.3. The summed E-state index contributed by atoms with van der Waals surface area (Å²) in [6.45, 7) is 11.0. The Morgan fingerprint density at radius 2 is 2.00 bits per heavy atom. The number of para-hydroxylation sites is 1. The summed E-state index contributed by atoms with van der Waals surface area (Å²) in [5.74, 6) is 1.06. The molecule has 2 aliphatic heterocycles. The topological polar surface area (TPSA) is 72.0 Å². The Hall–Kier alpha value is -2.12. The van der Waals surface area contributed by atoms with Crippen LogP contribution in [0.15, 0.2) is 29.3 Å². The molecular weight excluding hydrogens is 352 g/mol. The SMILES string of the molecule is CCNC(=NCC(C)N1CCN(C)CC1)NCC1CC(=O)Nc2ccccc21. The Labute approximate surface area is 168 Å². The first kappa shape index (κ1) is 20.6. The number of amides is 1. The molecule has 0 radical (unpaired) electrons. The van der Waals surface area contributed by atoms with Gasteiger partial charge in [0.1, 0.15) is 0 Å². The van der Waals surface area contributed by atoms with Gasteiger partial charge >= 0.3 is 0 Å². The van der Waals surface area contributed by atoms with E-state index in [-0.39, 0.29) is 11.8 Å². The molecule has 1 aromatic carbocycles. The standard InChI is InChI=1S/C21H34N6O/c1-4-22-21(23-14-16(2)27-11-9-26(3)10-12-27)24-15-17-13-20(28)25-19-8-6-5-7-18(17)19/h5-8,16-17H,4,9-15H2,1-3H3,(H,25,28)(H2,22,23,24). The van der Waals surface area contributed by atoms with Gasteiger partial charge < -0.3 is 20.9 Å². The van der Waals surface area contributed by atoms with Crippen molar-refractivity contribution in [3.8, 4) is 0 Å². The van der Waals surface area contributed by atoms with Crippen molar-refractivity contribution in [2.75, 3.05) is 58.2 Å². The molecule has 3 N–H and O–H groups in total. The van der Waals surface area contributed by atoms with Crippen LogP contribution in [0.3, 0.4) is 0 Å². The minimum atomic E-state index is 0.0797. The molecule has 2 atom stereocenters. The van der Waals surface area contributed by atoms with Gasteiger partial charge in [0.05, 0.1) is 6.54 Å². The van der Waals surface area contributed by atoms with E-state index in [0.29, 0.717) is 19.0 Å². The lowest BCUT2D eigenvalue weighted by atomic mass is 9.90. The van der Waals surface area contributed by atoms with Crippen LogP contribution in [0.5, 0.6) is 0 Å². The number of nitrogens with one attached hydrogen (secondary N) is 3. The number of hydrogen-bond donors (Lipinski definition) is 3. The molecule has 7 heteroatoms. The predicted octanol–water partition coefficient (Wildman–Crippen LogP) is 1.30. The fourth-order valence-corrected chi connectivity index (χ4v) is 3.85. The smallest absolute Gasteiger partial charge is 0.225 e. The maximum absolute atomic E-state index is 12.0. The summed E-state index contributed by atoms with van der Waals surface area (Å²) < 4.78 is 0. The third kappa shape index (κ3) is 5.45. The Bertz CT molecular complexity index is 683. The Balaban J connectivity index is 1.57. The average Bonchev–Trinajstić information content (AvgIpc) is 2.70. The van der Waals surface area contributed by atoms with Gasteiger partial charge in [0.2, 0.25) is 5.91 Å². The number of nitrogens with zero attached hydrogens (tertiary/aromatic N) is 3. The summed E-state index contributed by atoms with van der Waals surface area (Å²) in [6, 6.07) is 8.47. The maximum Gasteiger partial charge on any atom is 0.225 e. The van der Waals surface area contributed by atoms with Gasteiger partial charge in [-0.2, -0.15) is 0 Å². The fourth-order valence-electron chi connectivity index (χ4n) is 3.85. The highest BCUT2D eigenvalue weighted by atomic mass is 16.1. The highest BCUT2D eigenvalue weighted by Crippen LogP contribution is 2.31. The largest absolute Gasteiger partial charge is 0.357 e. The van der Waals surface area contributed by atoms with Gasteiger partial charge in [-0.15, -0.1) is 0 Å². The van der Waals surface area contributed by atoms with Crippen LogP contribution in [-0.2, 0) is 4.79 Å². The summed E-state index contributed by atoms with van der Waals surface area (Å²) in [7, 11) is 2.18. The van der Waals surface area contributed by atoms with Crippen LogP contribution in [0, 0.1) is 0 Å². The molecule has 0 aromatic heterocycles. The lowest BCUT2D eigenvalue weighted by molar-refractivity contribution is -0.116. The molecule has 0 saturated carbocycles. The molecule has 1 fully saturated rings. The molecule has 7 nitrogen and oxygen atoms in total. The predicted molar refractivity (Wildman–Crippen MR) is 115 cm³/mol. The second-order valence-corrected chi connectivity index (χ2v) is 7.83. The lowest BCUT2D eigenvalue weighted by Gasteiger charge is -2.36. The van der Waals surface area contributed by atoms with Crippen LogP contribution < -0.4 is 16.0 Å². The number of guanidine groups is 1. The van der Waals surface area contributed by atoms with Crippen molar-refractivity contribution < 1.29 is 4.79 Å². The van der Waals surface area contributed by atoms with Gasteiger partial charge in [0, 0.05) is 63.3 Å². The van der Waals surface area contributed by atoms with Crippen molar-refractivity contribution >= 4 is 17.6 Å². The lowest BCUT2D eigenvalue weighted by Crippen LogP contribution is -2.49. The quantitative estimate of drug-likeness (QED) is 0.508. The number of likely N-dealkylation sites (N-methyl/N-ethyl adjacent to an activating group) is 1. The number of fused-ring (bicyclic) bond motifs is 1. The Kier molecular flexibility index (Phi) is 7.28.